The predicted octanol–water partition coefficient (Wildman–Crippen LogP) is 1.25. The molecule has 2 amide bonds. The van der Waals surface area contributed by atoms with Crippen LogP contribution in [-0.4, -0.2) is 44.4 Å². The van der Waals surface area contributed by atoms with Gasteiger partial charge in [0.25, 0.3) is 0 Å². The number of benzene rings is 1. The predicted molar refractivity (Wildman–Crippen MR) is 91.6 cm³/mol. The standard InChI is InChI=1S/C14H21N3O3S.ClH/c1-20-8-7-16-10-14(19)17-11-4-2-3-5-12(11)21-9-6-13(15)18;/h2-5,16H,6-10H2,1H3,(H2,15,18)(H,17,19);1H. The highest BCUT2D eigenvalue weighted by Crippen LogP contribution is 2.27. The van der Waals surface area contributed by atoms with Gasteiger partial charge in [0.1, 0.15) is 0 Å². The molecule has 0 aliphatic rings. The molecular weight excluding hydrogens is 326 g/mol. The molecule has 1 aromatic carbocycles. The Kier molecular flexibility index (Phi) is 11.6. The van der Waals surface area contributed by atoms with Crippen molar-refractivity contribution in [3.63, 3.8) is 0 Å². The van der Waals surface area contributed by atoms with E-state index in [9.17, 15) is 9.59 Å². The summed E-state index contributed by atoms with van der Waals surface area (Å²) in [4.78, 5) is 23.5. The molecule has 22 heavy (non-hydrogen) atoms. The molecule has 0 aliphatic heterocycles. The fourth-order valence-corrected chi connectivity index (χ4v) is 2.50. The average molecular weight is 348 g/mol. The lowest BCUT2D eigenvalue weighted by atomic mass is 10.3. The number of halogens is 1. The SMILES string of the molecule is COCCNCC(=O)Nc1ccccc1SCCC(N)=O.Cl. The van der Waals surface area contributed by atoms with Crippen LogP contribution in [0.25, 0.3) is 0 Å². The monoisotopic (exact) mass is 347 g/mol. The molecule has 0 saturated heterocycles. The zero-order valence-corrected chi connectivity index (χ0v) is 14.1. The highest BCUT2D eigenvalue weighted by atomic mass is 35.5. The van der Waals surface area contributed by atoms with E-state index in [0.717, 1.165) is 10.6 Å². The third-order valence-electron chi connectivity index (χ3n) is 2.54. The van der Waals surface area contributed by atoms with Crippen LogP contribution in [0.3, 0.4) is 0 Å². The van der Waals surface area contributed by atoms with Crippen LogP contribution in [0.2, 0.25) is 0 Å². The van der Waals surface area contributed by atoms with Crippen molar-refractivity contribution in [2.45, 2.75) is 11.3 Å². The van der Waals surface area contributed by atoms with Gasteiger partial charge < -0.3 is 21.1 Å². The molecule has 0 atom stereocenters. The number of hydrogen-bond donors (Lipinski definition) is 3. The minimum atomic E-state index is -0.327. The molecule has 6 nitrogen and oxygen atoms in total. The normalized spacial score (nSPS) is 9.86. The van der Waals surface area contributed by atoms with Crippen molar-refractivity contribution in [2.24, 2.45) is 5.73 Å². The maximum Gasteiger partial charge on any atom is 0.238 e. The molecule has 1 aromatic rings. The molecule has 0 aliphatic carbocycles. The molecule has 0 fully saturated rings. The lowest BCUT2D eigenvalue weighted by molar-refractivity contribution is -0.117. The molecule has 4 N–H and O–H groups in total. The average Bonchev–Trinajstić information content (AvgIpc) is 2.45. The van der Waals surface area contributed by atoms with Crippen LogP contribution in [-0.2, 0) is 14.3 Å². The molecule has 8 heteroatoms. The van der Waals surface area contributed by atoms with Crippen molar-refractivity contribution in [1.29, 1.82) is 0 Å². The number of methoxy groups -OCH3 is 1. The van der Waals surface area contributed by atoms with E-state index in [1.54, 1.807) is 7.11 Å². The van der Waals surface area contributed by atoms with Crippen molar-refractivity contribution >= 4 is 41.7 Å². The Balaban J connectivity index is 0.00000441. The number of carbonyl (C=O) groups is 2. The summed E-state index contributed by atoms with van der Waals surface area (Å²) in [5, 5.41) is 5.83. The second-order valence-electron chi connectivity index (χ2n) is 4.28. The second kappa shape index (κ2) is 12.3. The lowest BCUT2D eigenvalue weighted by Gasteiger charge is -2.11. The summed E-state index contributed by atoms with van der Waals surface area (Å²) in [6.07, 6.45) is 0.311. The summed E-state index contributed by atoms with van der Waals surface area (Å²) in [5.74, 6) is 0.148. The van der Waals surface area contributed by atoms with Crippen LogP contribution in [0.4, 0.5) is 5.69 Å². The number of nitrogens with two attached hydrogens (primary N) is 1. The van der Waals surface area contributed by atoms with E-state index in [-0.39, 0.29) is 30.8 Å². The van der Waals surface area contributed by atoms with E-state index in [1.807, 2.05) is 24.3 Å². The number of primary amides is 1. The first kappa shape index (κ1) is 20.7. The molecule has 0 radical (unpaired) electrons. The van der Waals surface area contributed by atoms with Gasteiger partial charge in [-0.15, -0.1) is 24.2 Å². The summed E-state index contributed by atoms with van der Waals surface area (Å²) in [6, 6.07) is 7.48. The Morgan fingerprint density at radius 1 is 1.32 bits per heavy atom. The molecule has 0 saturated carbocycles. The van der Waals surface area contributed by atoms with Gasteiger partial charge in [0, 0.05) is 30.7 Å². The van der Waals surface area contributed by atoms with Crippen LogP contribution < -0.4 is 16.4 Å². The van der Waals surface area contributed by atoms with Gasteiger partial charge in [-0.25, -0.2) is 0 Å². The number of carbonyl (C=O) groups excluding carboxylic acids is 2. The van der Waals surface area contributed by atoms with Gasteiger partial charge in [-0.05, 0) is 12.1 Å². The van der Waals surface area contributed by atoms with E-state index in [1.165, 1.54) is 11.8 Å². The summed E-state index contributed by atoms with van der Waals surface area (Å²) in [5.41, 5.74) is 5.86. The number of amides is 2. The number of rotatable bonds is 10. The molecule has 0 heterocycles. The van der Waals surface area contributed by atoms with Crippen molar-refractivity contribution < 1.29 is 14.3 Å². The van der Waals surface area contributed by atoms with Crippen LogP contribution in [0.15, 0.2) is 29.2 Å². The topological polar surface area (TPSA) is 93.4 Å². The number of nitrogens with one attached hydrogen (secondary N) is 2. The largest absolute Gasteiger partial charge is 0.383 e. The van der Waals surface area contributed by atoms with Crippen LogP contribution in [0.1, 0.15) is 6.42 Å². The summed E-state index contributed by atoms with van der Waals surface area (Å²) >= 11 is 1.49. The first-order valence-electron chi connectivity index (χ1n) is 6.63. The van der Waals surface area contributed by atoms with Crippen molar-refractivity contribution in [3.8, 4) is 0 Å². The van der Waals surface area contributed by atoms with Gasteiger partial charge in [0.15, 0.2) is 0 Å². The van der Waals surface area contributed by atoms with Gasteiger partial charge in [0.2, 0.25) is 11.8 Å². The Morgan fingerprint density at radius 3 is 2.73 bits per heavy atom. The van der Waals surface area contributed by atoms with Gasteiger partial charge in [0.05, 0.1) is 18.8 Å². The Hall–Kier alpha value is -1.28. The Bertz CT molecular complexity index is 474. The number of thioether (sulfide) groups is 1. The Labute approximate surface area is 141 Å². The zero-order chi connectivity index (χ0) is 15.5. The smallest absolute Gasteiger partial charge is 0.238 e. The quantitative estimate of drug-likeness (QED) is 0.437. The first-order chi connectivity index (χ1) is 10.1. The van der Waals surface area contributed by atoms with Gasteiger partial charge in [-0.3, -0.25) is 9.59 Å². The second-order valence-corrected chi connectivity index (χ2v) is 5.42. The van der Waals surface area contributed by atoms with Crippen LogP contribution >= 0.6 is 24.2 Å². The minimum absolute atomic E-state index is 0. The zero-order valence-electron chi connectivity index (χ0n) is 12.5. The fourth-order valence-electron chi connectivity index (χ4n) is 1.53. The third-order valence-corrected chi connectivity index (χ3v) is 3.61. The number of anilines is 1. The summed E-state index contributed by atoms with van der Waals surface area (Å²) in [7, 11) is 1.61. The number of para-hydroxylation sites is 1. The van der Waals surface area contributed by atoms with Crippen molar-refractivity contribution in [2.75, 3.05) is 37.9 Å². The van der Waals surface area contributed by atoms with Gasteiger partial charge in [-0.1, -0.05) is 12.1 Å². The molecule has 124 valence electrons. The molecule has 0 aromatic heterocycles. The summed E-state index contributed by atoms with van der Waals surface area (Å²) in [6.45, 7) is 1.41. The lowest BCUT2D eigenvalue weighted by Crippen LogP contribution is -2.30. The molecule has 0 bridgehead atoms. The number of ether oxygens (including phenoxy) is 1. The van der Waals surface area contributed by atoms with E-state index in [0.29, 0.717) is 25.3 Å². The minimum Gasteiger partial charge on any atom is -0.383 e. The highest BCUT2D eigenvalue weighted by Gasteiger charge is 2.07. The van der Waals surface area contributed by atoms with E-state index in [2.05, 4.69) is 10.6 Å². The van der Waals surface area contributed by atoms with E-state index in [4.69, 9.17) is 10.5 Å². The summed E-state index contributed by atoms with van der Waals surface area (Å²) < 4.78 is 4.89. The van der Waals surface area contributed by atoms with E-state index >= 15 is 0 Å². The molecular formula is C14H22ClN3O3S. The van der Waals surface area contributed by atoms with Gasteiger partial charge in [-0.2, -0.15) is 0 Å². The molecule has 0 spiro atoms. The third kappa shape index (κ3) is 8.89. The van der Waals surface area contributed by atoms with Crippen molar-refractivity contribution in [1.82, 2.24) is 5.32 Å². The Morgan fingerprint density at radius 2 is 2.05 bits per heavy atom. The van der Waals surface area contributed by atoms with Crippen LogP contribution in [0.5, 0.6) is 0 Å². The van der Waals surface area contributed by atoms with Crippen molar-refractivity contribution in [3.05, 3.63) is 24.3 Å². The fraction of sp³-hybridized carbons (Fsp3) is 0.429. The highest BCUT2D eigenvalue weighted by molar-refractivity contribution is 7.99. The first-order valence-corrected chi connectivity index (χ1v) is 7.61. The van der Waals surface area contributed by atoms with Crippen LogP contribution in [0, 0.1) is 0 Å². The van der Waals surface area contributed by atoms with Gasteiger partial charge >= 0.3 is 0 Å². The molecule has 0 unspecified atom stereocenters. The number of hydrogen-bond acceptors (Lipinski definition) is 5. The van der Waals surface area contributed by atoms with E-state index < -0.39 is 0 Å². The maximum absolute atomic E-state index is 11.8. The molecule has 1 rings (SSSR count). The maximum atomic E-state index is 11.8.